The van der Waals surface area contributed by atoms with E-state index in [1.54, 1.807) is 48.8 Å². The van der Waals surface area contributed by atoms with Crippen molar-refractivity contribution in [2.24, 2.45) is 0 Å². The Morgan fingerprint density at radius 3 is 2.43 bits per heavy atom. The van der Waals surface area contributed by atoms with E-state index >= 15 is 0 Å². The fraction of sp³-hybridized carbons (Fsp3) is 0.267. The van der Waals surface area contributed by atoms with Crippen molar-refractivity contribution in [2.75, 3.05) is 12.3 Å². The lowest BCUT2D eigenvalue weighted by Gasteiger charge is -2.12. The fourth-order valence-corrected chi connectivity index (χ4v) is 2.93. The summed E-state index contributed by atoms with van der Waals surface area (Å²) in [5.41, 5.74) is 1.60. The Kier molecular flexibility index (Phi) is 5.44. The molecule has 2 N–H and O–H groups in total. The van der Waals surface area contributed by atoms with Crippen molar-refractivity contribution in [3.05, 3.63) is 66.0 Å². The smallest absolute Gasteiger partial charge is 0.212 e. The Labute approximate surface area is 124 Å². The quantitative estimate of drug-likeness (QED) is 0.807. The lowest BCUT2D eigenvalue weighted by atomic mass is 10.1. The first-order valence-corrected chi connectivity index (χ1v) is 8.31. The van der Waals surface area contributed by atoms with E-state index in [4.69, 9.17) is 0 Å². The Bertz CT molecular complexity index is 645. The third-order valence-corrected chi connectivity index (χ3v) is 4.44. The Morgan fingerprint density at radius 1 is 1.10 bits per heavy atom. The van der Waals surface area contributed by atoms with Crippen molar-refractivity contribution in [1.82, 2.24) is 9.71 Å². The van der Waals surface area contributed by atoms with Crippen LogP contribution in [0.5, 0.6) is 0 Å². The minimum absolute atomic E-state index is 0.0154. The fourth-order valence-electron chi connectivity index (χ4n) is 1.87. The first-order valence-electron chi connectivity index (χ1n) is 6.66. The molecule has 0 aliphatic carbocycles. The van der Waals surface area contributed by atoms with Gasteiger partial charge in [0.1, 0.15) is 0 Å². The van der Waals surface area contributed by atoms with Crippen molar-refractivity contribution in [3.63, 3.8) is 0 Å². The number of nitrogens with one attached hydrogen (secondary N) is 1. The highest BCUT2D eigenvalue weighted by atomic mass is 32.2. The van der Waals surface area contributed by atoms with E-state index in [1.807, 2.05) is 6.07 Å². The molecule has 0 spiro atoms. The summed E-state index contributed by atoms with van der Waals surface area (Å²) < 4.78 is 26.2. The third kappa shape index (κ3) is 5.26. The summed E-state index contributed by atoms with van der Waals surface area (Å²) in [7, 11) is -3.41. The van der Waals surface area contributed by atoms with Crippen LogP contribution in [0.2, 0.25) is 0 Å². The summed E-state index contributed by atoms with van der Waals surface area (Å²) >= 11 is 0. The van der Waals surface area contributed by atoms with Gasteiger partial charge in [0.25, 0.3) is 0 Å². The van der Waals surface area contributed by atoms with Crippen LogP contribution in [0.3, 0.4) is 0 Å². The van der Waals surface area contributed by atoms with E-state index in [0.29, 0.717) is 12.0 Å². The molecule has 112 valence electrons. The lowest BCUT2D eigenvalue weighted by Crippen LogP contribution is -2.31. The number of benzene rings is 1. The SMILES string of the molecule is O=S(=O)(CCc1ccncc1)NCC(O)c1ccccc1. The Morgan fingerprint density at radius 2 is 1.76 bits per heavy atom. The van der Waals surface area contributed by atoms with Gasteiger partial charge < -0.3 is 5.11 Å². The summed E-state index contributed by atoms with van der Waals surface area (Å²) in [5.74, 6) is -0.0154. The van der Waals surface area contributed by atoms with Crippen LogP contribution in [-0.4, -0.2) is 30.8 Å². The van der Waals surface area contributed by atoms with Crippen molar-refractivity contribution in [3.8, 4) is 0 Å². The number of aromatic nitrogens is 1. The highest BCUT2D eigenvalue weighted by molar-refractivity contribution is 7.89. The van der Waals surface area contributed by atoms with Crippen LogP contribution in [0.1, 0.15) is 17.2 Å². The van der Waals surface area contributed by atoms with E-state index < -0.39 is 16.1 Å². The molecule has 0 radical (unpaired) electrons. The van der Waals surface area contributed by atoms with E-state index in [-0.39, 0.29) is 12.3 Å². The molecule has 1 aromatic carbocycles. The van der Waals surface area contributed by atoms with Crippen molar-refractivity contribution < 1.29 is 13.5 Å². The monoisotopic (exact) mass is 306 g/mol. The maximum absolute atomic E-state index is 11.9. The molecule has 1 atom stereocenters. The number of pyridine rings is 1. The van der Waals surface area contributed by atoms with Gasteiger partial charge >= 0.3 is 0 Å². The Hall–Kier alpha value is -1.76. The van der Waals surface area contributed by atoms with Gasteiger partial charge in [-0.25, -0.2) is 13.1 Å². The number of rotatable bonds is 7. The molecule has 0 bridgehead atoms. The second-order valence-electron chi connectivity index (χ2n) is 4.70. The van der Waals surface area contributed by atoms with Crippen molar-refractivity contribution in [2.45, 2.75) is 12.5 Å². The number of sulfonamides is 1. The number of nitrogens with zero attached hydrogens (tertiary/aromatic N) is 1. The number of hydrogen-bond acceptors (Lipinski definition) is 4. The van der Waals surface area contributed by atoms with Crippen molar-refractivity contribution >= 4 is 10.0 Å². The van der Waals surface area contributed by atoms with E-state index in [9.17, 15) is 13.5 Å². The third-order valence-electron chi connectivity index (χ3n) is 3.09. The maximum Gasteiger partial charge on any atom is 0.212 e. The minimum Gasteiger partial charge on any atom is -0.387 e. The molecule has 0 saturated carbocycles. The van der Waals surface area contributed by atoms with Gasteiger partial charge in [-0.1, -0.05) is 30.3 Å². The highest BCUT2D eigenvalue weighted by Gasteiger charge is 2.14. The number of aliphatic hydroxyl groups is 1. The summed E-state index contributed by atoms with van der Waals surface area (Å²) in [4.78, 5) is 3.88. The topological polar surface area (TPSA) is 79.3 Å². The molecule has 0 aliphatic rings. The standard InChI is InChI=1S/C15H18N2O3S/c18-15(14-4-2-1-3-5-14)12-17-21(19,20)11-8-13-6-9-16-10-7-13/h1-7,9-10,15,17-18H,8,11-12H2. The van der Waals surface area contributed by atoms with Crippen LogP contribution in [0.15, 0.2) is 54.9 Å². The van der Waals surface area contributed by atoms with E-state index in [0.717, 1.165) is 5.56 Å². The molecule has 0 amide bonds. The number of aliphatic hydroxyl groups excluding tert-OH is 1. The van der Waals surface area contributed by atoms with Gasteiger partial charge in [-0.15, -0.1) is 0 Å². The zero-order valence-corrected chi connectivity index (χ0v) is 12.3. The molecular weight excluding hydrogens is 288 g/mol. The van der Waals surface area contributed by atoms with Gasteiger partial charge in [-0.2, -0.15) is 0 Å². The van der Waals surface area contributed by atoms with Gasteiger partial charge in [0.2, 0.25) is 10.0 Å². The summed E-state index contributed by atoms with van der Waals surface area (Å²) in [6.45, 7) is -0.0251. The Balaban J connectivity index is 1.84. The van der Waals surface area contributed by atoms with Crippen LogP contribution in [0.4, 0.5) is 0 Å². The predicted molar refractivity (Wildman–Crippen MR) is 81.1 cm³/mol. The second kappa shape index (κ2) is 7.31. The largest absolute Gasteiger partial charge is 0.387 e. The maximum atomic E-state index is 11.9. The minimum atomic E-state index is -3.41. The number of hydrogen-bond donors (Lipinski definition) is 2. The zero-order valence-electron chi connectivity index (χ0n) is 11.5. The highest BCUT2D eigenvalue weighted by Crippen LogP contribution is 2.11. The molecule has 2 aromatic rings. The normalized spacial score (nSPS) is 13.0. The van der Waals surface area contributed by atoms with Crippen LogP contribution in [0.25, 0.3) is 0 Å². The number of aryl methyl sites for hydroxylation is 1. The molecule has 0 saturated heterocycles. The molecule has 0 aliphatic heterocycles. The van der Waals surface area contributed by atoms with Crippen LogP contribution in [-0.2, 0) is 16.4 Å². The first kappa shape index (κ1) is 15.6. The van der Waals surface area contributed by atoms with Crippen LogP contribution in [0, 0.1) is 0 Å². The van der Waals surface area contributed by atoms with Crippen LogP contribution < -0.4 is 4.72 Å². The molecule has 2 rings (SSSR count). The average molecular weight is 306 g/mol. The molecule has 6 heteroatoms. The van der Waals surface area contributed by atoms with Gasteiger partial charge in [0.05, 0.1) is 11.9 Å². The van der Waals surface area contributed by atoms with Crippen molar-refractivity contribution in [1.29, 1.82) is 0 Å². The zero-order chi connectivity index (χ0) is 15.1. The second-order valence-corrected chi connectivity index (χ2v) is 6.63. The molecule has 21 heavy (non-hydrogen) atoms. The van der Waals surface area contributed by atoms with Gasteiger partial charge in [-0.3, -0.25) is 4.98 Å². The van der Waals surface area contributed by atoms with Gasteiger partial charge in [0, 0.05) is 18.9 Å². The van der Waals surface area contributed by atoms with Crippen LogP contribution >= 0.6 is 0 Å². The summed E-state index contributed by atoms with van der Waals surface area (Å²) in [5, 5.41) is 9.93. The van der Waals surface area contributed by atoms with Gasteiger partial charge in [0.15, 0.2) is 0 Å². The van der Waals surface area contributed by atoms with Gasteiger partial charge in [-0.05, 0) is 29.7 Å². The first-order chi connectivity index (χ1) is 10.1. The molecular formula is C15H18N2O3S. The summed E-state index contributed by atoms with van der Waals surface area (Å²) in [6.07, 6.45) is 2.84. The average Bonchev–Trinajstić information content (AvgIpc) is 2.53. The molecule has 1 heterocycles. The van der Waals surface area contributed by atoms with E-state index in [2.05, 4.69) is 9.71 Å². The van der Waals surface area contributed by atoms with E-state index in [1.165, 1.54) is 0 Å². The predicted octanol–water partition coefficient (Wildman–Crippen LogP) is 1.28. The molecule has 1 aromatic heterocycles. The molecule has 0 fully saturated rings. The summed E-state index contributed by atoms with van der Waals surface area (Å²) in [6, 6.07) is 12.5. The lowest BCUT2D eigenvalue weighted by molar-refractivity contribution is 0.182. The molecule has 1 unspecified atom stereocenters. The molecule has 5 nitrogen and oxygen atoms in total.